The van der Waals surface area contributed by atoms with E-state index in [4.69, 9.17) is 0 Å². The van der Waals surface area contributed by atoms with E-state index in [9.17, 15) is 9.90 Å². The van der Waals surface area contributed by atoms with E-state index in [-0.39, 0.29) is 24.0 Å². The van der Waals surface area contributed by atoms with Gasteiger partial charge in [-0.2, -0.15) is 0 Å². The summed E-state index contributed by atoms with van der Waals surface area (Å²) in [5.41, 5.74) is 4.22. The van der Waals surface area contributed by atoms with Crippen LogP contribution in [0.1, 0.15) is 43.4 Å². The van der Waals surface area contributed by atoms with Crippen LogP contribution >= 0.6 is 0 Å². The van der Waals surface area contributed by atoms with Crippen LogP contribution < -0.4 is 0 Å². The van der Waals surface area contributed by atoms with Crippen molar-refractivity contribution in [3.63, 3.8) is 0 Å². The summed E-state index contributed by atoms with van der Waals surface area (Å²) in [4.78, 5) is 19.4. The molecule has 3 aromatic rings. The molecule has 4 nitrogen and oxygen atoms in total. The predicted octanol–water partition coefficient (Wildman–Crippen LogP) is 4.75. The van der Waals surface area contributed by atoms with Gasteiger partial charge in [-0.05, 0) is 48.1 Å². The van der Waals surface area contributed by atoms with E-state index < -0.39 is 0 Å². The topological polar surface area (TPSA) is 53.4 Å². The van der Waals surface area contributed by atoms with E-state index in [2.05, 4.69) is 48.3 Å². The lowest BCUT2D eigenvalue weighted by molar-refractivity contribution is -0.138. The Kier molecular flexibility index (Phi) is 5.96. The van der Waals surface area contributed by atoms with Crippen molar-refractivity contribution in [2.24, 2.45) is 0 Å². The third-order valence-corrected chi connectivity index (χ3v) is 6.47. The summed E-state index contributed by atoms with van der Waals surface area (Å²) in [7, 11) is 0. The lowest BCUT2D eigenvalue weighted by atomic mass is 9.70. The molecule has 1 unspecified atom stereocenters. The monoisotopic (exact) mass is 400 g/mol. The van der Waals surface area contributed by atoms with Gasteiger partial charge in [-0.3, -0.25) is 9.78 Å². The summed E-state index contributed by atoms with van der Waals surface area (Å²) in [6.07, 6.45) is 5.55. The summed E-state index contributed by atoms with van der Waals surface area (Å²) in [6.45, 7) is 2.88. The third-order valence-electron chi connectivity index (χ3n) is 6.47. The number of nitrogens with zero attached hydrogens (tertiary/aromatic N) is 2. The van der Waals surface area contributed by atoms with Crippen molar-refractivity contribution in [1.82, 2.24) is 9.88 Å². The van der Waals surface area contributed by atoms with E-state index in [0.29, 0.717) is 19.4 Å². The molecule has 0 aliphatic carbocycles. The first-order chi connectivity index (χ1) is 14.6. The molecular weight excluding hydrogens is 372 g/mol. The Morgan fingerprint density at radius 2 is 1.80 bits per heavy atom. The molecule has 1 aliphatic heterocycles. The van der Waals surface area contributed by atoms with Crippen molar-refractivity contribution in [2.45, 2.75) is 37.6 Å². The van der Waals surface area contributed by atoms with Gasteiger partial charge in [0.05, 0.1) is 6.04 Å². The fraction of sp³-hybridized carbons (Fsp3) is 0.308. The summed E-state index contributed by atoms with van der Waals surface area (Å²) >= 11 is 0. The third kappa shape index (κ3) is 4.01. The Morgan fingerprint density at radius 1 is 1.03 bits per heavy atom. The second kappa shape index (κ2) is 8.80. The Bertz CT molecular complexity index is 973. The van der Waals surface area contributed by atoms with Gasteiger partial charge in [0.25, 0.3) is 0 Å². The first kappa shape index (κ1) is 20.3. The zero-order chi connectivity index (χ0) is 21.0. The molecule has 0 spiro atoms. The fourth-order valence-electron chi connectivity index (χ4n) is 4.63. The number of hydrogen-bond donors (Lipinski definition) is 1. The number of likely N-dealkylation sites (tertiary alicyclic amines) is 1. The lowest BCUT2D eigenvalue weighted by Gasteiger charge is -2.43. The number of rotatable bonds is 6. The zero-order valence-electron chi connectivity index (χ0n) is 17.4. The van der Waals surface area contributed by atoms with Gasteiger partial charge in [0.2, 0.25) is 5.91 Å². The normalized spacial score (nSPS) is 20.2. The van der Waals surface area contributed by atoms with Crippen LogP contribution in [0.25, 0.3) is 11.1 Å². The number of carbonyl (C=O) groups excluding carboxylic acids is 1. The number of carbonyl (C=O) groups is 1. The van der Waals surface area contributed by atoms with Gasteiger partial charge < -0.3 is 10.0 Å². The summed E-state index contributed by atoms with van der Waals surface area (Å²) in [5.74, 6) is 0.155. The molecule has 2 heterocycles. The number of aliphatic hydroxyl groups is 1. The quantitative estimate of drug-likeness (QED) is 0.649. The second-order valence-electron chi connectivity index (χ2n) is 8.17. The van der Waals surface area contributed by atoms with Gasteiger partial charge in [0, 0.05) is 37.4 Å². The van der Waals surface area contributed by atoms with Crippen molar-refractivity contribution >= 4 is 5.91 Å². The van der Waals surface area contributed by atoms with Gasteiger partial charge >= 0.3 is 0 Å². The summed E-state index contributed by atoms with van der Waals surface area (Å²) in [5, 5.41) is 9.67. The van der Waals surface area contributed by atoms with Crippen LogP contribution in [-0.2, 0) is 10.2 Å². The van der Waals surface area contributed by atoms with E-state index in [0.717, 1.165) is 28.7 Å². The smallest absolute Gasteiger partial charge is 0.223 e. The molecule has 0 radical (unpaired) electrons. The maximum Gasteiger partial charge on any atom is 0.223 e. The highest BCUT2D eigenvalue weighted by Crippen LogP contribution is 2.41. The van der Waals surface area contributed by atoms with Crippen molar-refractivity contribution in [2.75, 3.05) is 13.2 Å². The van der Waals surface area contributed by atoms with Gasteiger partial charge in [0.15, 0.2) is 0 Å². The molecular formula is C26H28N2O2. The van der Waals surface area contributed by atoms with Gasteiger partial charge in [-0.15, -0.1) is 0 Å². The lowest BCUT2D eigenvalue weighted by Crippen LogP contribution is -2.47. The fourth-order valence-corrected chi connectivity index (χ4v) is 4.63. The molecule has 1 fully saturated rings. The highest BCUT2D eigenvalue weighted by atomic mass is 16.3. The maximum absolute atomic E-state index is 13.2. The number of pyridine rings is 1. The summed E-state index contributed by atoms with van der Waals surface area (Å²) < 4.78 is 0. The van der Waals surface area contributed by atoms with Crippen LogP contribution in [0.2, 0.25) is 0 Å². The molecule has 1 N–H and O–H groups in total. The van der Waals surface area contributed by atoms with Crippen LogP contribution in [0, 0.1) is 0 Å². The summed E-state index contributed by atoms with van der Waals surface area (Å²) in [6, 6.07) is 22.6. The largest absolute Gasteiger partial charge is 0.396 e. The Balaban J connectivity index is 1.51. The molecule has 30 heavy (non-hydrogen) atoms. The molecule has 2 atom stereocenters. The predicted molar refractivity (Wildman–Crippen MR) is 119 cm³/mol. The molecule has 1 aliphatic rings. The molecule has 1 saturated heterocycles. The Morgan fingerprint density at radius 3 is 2.43 bits per heavy atom. The average molecular weight is 401 g/mol. The van der Waals surface area contributed by atoms with E-state index in [1.54, 1.807) is 6.20 Å². The molecule has 4 heteroatoms. The number of aromatic nitrogens is 1. The van der Waals surface area contributed by atoms with Crippen LogP contribution in [0.3, 0.4) is 0 Å². The van der Waals surface area contributed by atoms with Crippen molar-refractivity contribution in [3.8, 4) is 11.1 Å². The van der Waals surface area contributed by atoms with Gasteiger partial charge in [-0.1, -0.05) is 60.7 Å². The molecule has 1 aromatic heterocycles. The minimum Gasteiger partial charge on any atom is -0.396 e. The van der Waals surface area contributed by atoms with E-state index in [1.807, 2.05) is 41.4 Å². The Labute approximate surface area is 178 Å². The van der Waals surface area contributed by atoms with Crippen LogP contribution in [0.4, 0.5) is 0 Å². The number of aliphatic hydroxyl groups excluding tert-OH is 1. The van der Waals surface area contributed by atoms with Gasteiger partial charge in [-0.25, -0.2) is 0 Å². The first-order valence-electron chi connectivity index (χ1n) is 10.6. The highest BCUT2D eigenvalue weighted by molar-refractivity contribution is 5.79. The van der Waals surface area contributed by atoms with E-state index >= 15 is 0 Å². The standard InChI is InChI=1S/C26H28N2O2/c1-20(21-9-11-22(12-10-21)23-6-5-15-27-19-23)28-16-13-26(14-17-29,18-25(28)30)24-7-3-2-4-8-24/h2-12,15,19-20,29H,13-14,16-18H2,1H3/t20-,26?/m0/s1. The van der Waals surface area contributed by atoms with Crippen molar-refractivity contribution in [1.29, 1.82) is 0 Å². The maximum atomic E-state index is 13.2. The van der Waals surface area contributed by atoms with Crippen LogP contribution in [0.5, 0.6) is 0 Å². The number of amides is 1. The SMILES string of the molecule is C[C@@H](c1ccc(-c2cccnc2)cc1)N1CCC(CCO)(c2ccccc2)CC1=O. The molecule has 154 valence electrons. The number of piperidine rings is 1. The minimum atomic E-state index is -0.270. The van der Waals surface area contributed by atoms with Crippen LogP contribution in [0.15, 0.2) is 79.1 Å². The van der Waals surface area contributed by atoms with Gasteiger partial charge in [0.1, 0.15) is 0 Å². The second-order valence-corrected chi connectivity index (χ2v) is 8.17. The average Bonchev–Trinajstić information content (AvgIpc) is 2.80. The van der Waals surface area contributed by atoms with Crippen molar-refractivity contribution < 1.29 is 9.90 Å². The molecule has 2 aromatic carbocycles. The molecule has 4 rings (SSSR count). The highest BCUT2D eigenvalue weighted by Gasteiger charge is 2.41. The molecule has 0 bridgehead atoms. The zero-order valence-corrected chi connectivity index (χ0v) is 17.4. The minimum absolute atomic E-state index is 0.0170. The number of benzene rings is 2. The van der Waals surface area contributed by atoms with Crippen LogP contribution in [-0.4, -0.2) is 34.0 Å². The Hall–Kier alpha value is -2.98. The first-order valence-corrected chi connectivity index (χ1v) is 10.6. The van der Waals surface area contributed by atoms with Crippen molar-refractivity contribution in [3.05, 3.63) is 90.3 Å². The molecule has 1 amide bonds. The molecule has 0 saturated carbocycles. The number of hydrogen-bond acceptors (Lipinski definition) is 3. The van der Waals surface area contributed by atoms with E-state index in [1.165, 1.54) is 0 Å².